The van der Waals surface area contributed by atoms with Crippen LogP contribution in [0.1, 0.15) is 0 Å². The van der Waals surface area contributed by atoms with Crippen molar-refractivity contribution in [2.45, 2.75) is 4.90 Å². The zero-order valence-corrected chi connectivity index (χ0v) is 12.7. The molecule has 0 fully saturated rings. The number of aromatic nitrogens is 3. The summed E-state index contributed by atoms with van der Waals surface area (Å²) < 4.78 is 29.6. The molecule has 112 valence electrons. The lowest BCUT2D eigenvalue weighted by Crippen LogP contribution is -1.94. The molecule has 2 aromatic carbocycles. The van der Waals surface area contributed by atoms with Gasteiger partial charge in [-0.2, -0.15) is 5.10 Å². The van der Waals surface area contributed by atoms with Crippen molar-refractivity contribution in [2.24, 2.45) is 0 Å². The van der Waals surface area contributed by atoms with Crippen molar-refractivity contribution in [1.82, 2.24) is 14.8 Å². The fourth-order valence-corrected chi connectivity index (χ4v) is 2.58. The van der Waals surface area contributed by atoms with Crippen LogP contribution in [-0.2, 0) is 9.05 Å². The fourth-order valence-electron chi connectivity index (χ4n) is 1.81. The highest BCUT2D eigenvalue weighted by Crippen LogP contribution is 2.24. The molecule has 3 rings (SSSR count). The van der Waals surface area contributed by atoms with Gasteiger partial charge in [-0.15, -0.1) is 0 Å². The average Bonchev–Trinajstić information content (AvgIpc) is 3.02. The van der Waals surface area contributed by atoms with Crippen LogP contribution >= 0.6 is 10.7 Å². The van der Waals surface area contributed by atoms with Crippen molar-refractivity contribution in [3.8, 4) is 17.2 Å². The minimum Gasteiger partial charge on any atom is -0.457 e. The van der Waals surface area contributed by atoms with Gasteiger partial charge in [-0.05, 0) is 48.5 Å². The predicted octanol–water partition coefficient (Wildman–Crippen LogP) is 2.99. The first-order valence-electron chi connectivity index (χ1n) is 6.20. The van der Waals surface area contributed by atoms with Crippen LogP contribution < -0.4 is 4.74 Å². The smallest absolute Gasteiger partial charge is 0.261 e. The highest BCUT2D eigenvalue weighted by Gasteiger charge is 2.09. The minimum atomic E-state index is -3.72. The Kier molecular flexibility index (Phi) is 3.82. The summed E-state index contributed by atoms with van der Waals surface area (Å²) in [6, 6.07) is 13.1. The molecule has 0 saturated carbocycles. The molecule has 3 aromatic rings. The summed E-state index contributed by atoms with van der Waals surface area (Å²) in [4.78, 5) is 3.91. The standard InChI is InChI=1S/C14H10ClN3O3S/c15-22(19,20)14-7-5-13(6-8-14)21-12-3-1-11(2-4-12)18-10-16-9-17-18/h1-10H. The van der Waals surface area contributed by atoms with Crippen molar-refractivity contribution in [2.75, 3.05) is 0 Å². The summed E-state index contributed by atoms with van der Waals surface area (Å²) in [5.74, 6) is 1.13. The minimum absolute atomic E-state index is 0.0306. The van der Waals surface area contributed by atoms with Crippen molar-refractivity contribution in [3.63, 3.8) is 0 Å². The van der Waals surface area contributed by atoms with E-state index in [-0.39, 0.29) is 4.90 Å². The molecule has 22 heavy (non-hydrogen) atoms. The van der Waals surface area contributed by atoms with Gasteiger partial charge in [-0.25, -0.2) is 18.1 Å². The molecule has 0 aliphatic carbocycles. The molecule has 8 heteroatoms. The maximum absolute atomic E-state index is 11.2. The van der Waals surface area contributed by atoms with Crippen LogP contribution in [0.4, 0.5) is 0 Å². The van der Waals surface area contributed by atoms with E-state index in [0.29, 0.717) is 11.5 Å². The van der Waals surface area contributed by atoms with Gasteiger partial charge in [-0.1, -0.05) is 0 Å². The highest BCUT2D eigenvalue weighted by molar-refractivity contribution is 8.13. The second kappa shape index (κ2) is 5.78. The normalized spacial score (nSPS) is 11.3. The second-order valence-corrected chi connectivity index (χ2v) is 6.91. The Bertz CT molecular complexity index is 861. The average molecular weight is 336 g/mol. The van der Waals surface area contributed by atoms with Gasteiger partial charge in [0.15, 0.2) is 0 Å². The van der Waals surface area contributed by atoms with Crippen LogP contribution in [0.3, 0.4) is 0 Å². The number of halogens is 1. The molecule has 0 aliphatic rings. The fraction of sp³-hybridized carbons (Fsp3) is 0. The highest BCUT2D eigenvalue weighted by atomic mass is 35.7. The topological polar surface area (TPSA) is 74.1 Å². The van der Waals surface area contributed by atoms with Crippen molar-refractivity contribution in [1.29, 1.82) is 0 Å². The Morgan fingerprint density at radius 3 is 2.05 bits per heavy atom. The van der Waals surface area contributed by atoms with Gasteiger partial charge in [0.25, 0.3) is 9.05 Å². The maximum atomic E-state index is 11.2. The summed E-state index contributed by atoms with van der Waals surface area (Å²) in [6.45, 7) is 0. The Labute approximate surface area is 131 Å². The first-order chi connectivity index (χ1) is 10.5. The lowest BCUT2D eigenvalue weighted by Gasteiger charge is -2.07. The molecule has 1 aromatic heterocycles. The van der Waals surface area contributed by atoms with Crippen LogP contribution in [0.15, 0.2) is 66.1 Å². The molecular weight excluding hydrogens is 326 g/mol. The zero-order valence-electron chi connectivity index (χ0n) is 11.1. The summed E-state index contributed by atoms with van der Waals surface area (Å²) in [6.07, 6.45) is 3.05. The largest absolute Gasteiger partial charge is 0.457 e. The predicted molar refractivity (Wildman–Crippen MR) is 80.9 cm³/mol. The van der Waals surface area contributed by atoms with Crippen LogP contribution in [0.25, 0.3) is 5.69 Å². The van der Waals surface area contributed by atoms with E-state index in [2.05, 4.69) is 10.1 Å². The van der Waals surface area contributed by atoms with Gasteiger partial charge in [-0.3, -0.25) is 0 Å². The molecule has 6 nitrogen and oxygen atoms in total. The van der Waals surface area contributed by atoms with Gasteiger partial charge in [0.05, 0.1) is 10.6 Å². The number of rotatable bonds is 4. The van der Waals surface area contributed by atoms with Crippen molar-refractivity contribution >= 4 is 19.7 Å². The SMILES string of the molecule is O=S(=O)(Cl)c1ccc(Oc2ccc(-n3cncn3)cc2)cc1. The third-order valence-corrected chi connectivity index (χ3v) is 4.23. The van der Waals surface area contributed by atoms with Crippen molar-refractivity contribution in [3.05, 3.63) is 61.2 Å². The van der Waals surface area contributed by atoms with E-state index in [9.17, 15) is 8.42 Å². The Morgan fingerprint density at radius 2 is 1.55 bits per heavy atom. The zero-order chi connectivity index (χ0) is 15.6. The second-order valence-electron chi connectivity index (χ2n) is 4.35. The molecule has 1 heterocycles. The molecule has 0 N–H and O–H groups in total. The van der Waals surface area contributed by atoms with Crippen LogP contribution in [0.5, 0.6) is 11.5 Å². The third kappa shape index (κ3) is 3.26. The van der Waals surface area contributed by atoms with E-state index in [1.54, 1.807) is 35.3 Å². The molecule has 0 bridgehead atoms. The van der Waals surface area contributed by atoms with Crippen LogP contribution in [0, 0.1) is 0 Å². The van der Waals surface area contributed by atoms with Crippen LogP contribution in [-0.4, -0.2) is 23.2 Å². The molecule has 0 saturated heterocycles. The van der Waals surface area contributed by atoms with Gasteiger partial charge >= 0.3 is 0 Å². The number of hydrogen-bond donors (Lipinski definition) is 0. The Hall–Kier alpha value is -2.38. The number of benzene rings is 2. The summed E-state index contributed by atoms with van der Waals surface area (Å²) >= 11 is 0. The van der Waals surface area contributed by atoms with E-state index in [4.69, 9.17) is 15.4 Å². The van der Waals surface area contributed by atoms with E-state index < -0.39 is 9.05 Å². The van der Waals surface area contributed by atoms with E-state index in [1.807, 2.05) is 12.1 Å². The maximum Gasteiger partial charge on any atom is 0.261 e. The first kappa shape index (κ1) is 14.6. The number of nitrogens with zero attached hydrogens (tertiary/aromatic N) is 3. The quantitative estimate of drug-likeness (QED) is 0.685. The van der Waals surface area contributed by atoms with Crippen LogP contribution in [0.2, 0.25) is 0 Å². The summed E-state index contributed by atoms with van der Waals surface area (Å²) in [5.41, 5.74) is 0.855. The molecule has 0 spiro atoms. The number of hydrogen-bond acceptors (Lipinski definition) is 5. The lowest BCUT2D eigenvalue weighted by molar-refractivity contribution is 0.482. The molecule has 0 unspecified atom stereocenters. The van der Waals surface area contributed by atoms with Gasteiger partial charge in [0.1, 0.15) is 24.2 Å². The Morgan fingerprint density at radius 1 is 0.955 bits per heavy atom. The Balaban J connectivity index is 1.76. The van der Waals surface area contributed by atoms with Gasteiger partial charge < -0.3 is 4.74 Å². The number of ether oxygens (including phenoxy) is 1. The van der Waals surface area contributed by atoms with E-state index >= 15 is 0 Å². The van der Waals surface area contributed by atoms with Crippen molar-refractivity contribution < 1.29 is 13.2 Å². The monoisotopic (exact) mass is 335 g/mol. The molecule has 0 aliphatic heterocycles. The summed E-state index contributed by atoms with van der Waals surface area (Å²) in [5, 5.41) is 4.03. The lowest BCUT2D eigenvalue weighted by atomic mass is 10.3. The first-order valence-corrected chi connectivity index (χ1v) is 8.51. The molecule has 0 atom stereocenters. The third-order valence-electron chi connectivity index (χ3n) is 2.86. The molecule has 0 radical (unpaired) electrons. The molecule has 0 amide bonds. The summed E-state index contributed by atoms with van der Waals surface area (Å²) in [7, 11) is 1.53. The van der Waals surface area contributed by atoms with E-state index in [1.165, 1.54) is 18.5 Å². The van der Waals surface area contributed by atoms with E-state index in [0.717, 1.165) is 5.69 Å². The molecular formula is C14H10ClN3O3S. The van der Waals surface area contributed by atoms with Gasteiger partial charge in [0, 0.05) is 10.7 Å². The van der Waals surface area contributed by atoms with Gasteiger partial charge in [0.2, 0.25) is 0 Å².